The SMILES string of the molecule is O=c1c2c([nH]n1-c1cnccn1)CCCCC2. The van der Waals surface area contributed by atoms with Crippen LogP contribution in [0.2, 0.25) is 0 Å². The summed E-state index contributed by atoms with van der Waals surface area (Å²) in [6, 6.07) is 0. The molecule has 0 atom stereocenters. The van der Waals surface area contributed by atoms with E-state index in [1.165, 1.54) is 11.1 Å². The van der Waals surface area contributed by atoms with Crippen LogP contribution in [0.4, 0.5) is 0 Å². The smallest absolute Gasteiger partial charge is 0.276 e. The van der Waals surface area contributed by atoms with Crippen LogP contribution in [0.15, 0.2) is 23.4 Å². The Morgan fingerprint density at radius 3 is 2.88 bits per heavy atom. The molecule has 1 aliphatic carbocycles. The predicted octanol–water partition coefficient (Wildman–Crippen LogP) is 1.22. The standard InChI is InChI=1S/C12H14N4O/c17-12-9-4-2-1-3-5-10(9)15-16(12)11-8-13-6-7-14-11/h6-8,15H,1-5H2. The van der Waals surface area contributed by atoms with Crippen molar-refractivity contribution < 1.29 is 0 Å². The van der Waals surface area contributed by atoms with E-state index >= 15 is 0 Å². The van der Waals surface area contributed by atoms with Crippen molar-refractivity contribution >= 4 is 0 Å². The van der Waals surface area contributed by atoms with Crippen LogP contribution in [0.5, 0.6) is 0 Å². The minimum Gasteiger partial charge on any atom is -0.293 e. The van der Waals surface area contributed by atoms with Gasteiger partial charge in [-0.25, -0.2) is 4.98 Å². The number of rotatable bonds is 1. The van der Waals surface area contributed by atoms with Crippen molar-refractivity contribution in [3.8, 4) is 5.82 Å². The van der Waals surface area contributed by atoms with Crippen LogP contribution < -0.4 is 5.56 Å². The average molecular weight is 230 g/mol. The van der Waals surface area contributed by atoms with Crippen molar-refractivity contribution in [2.45, 2.75) is 32.1 Å². The fraction of sp³-hybridized carbons (Fsp3) is 0.417. The molecule has 0 aromatic carbocycles. The van der Waals surface area contributed by atoms with Gasteiger partial charge in [0, 0.05) is 23.7 Å². The van der Waals surface area contributed by atoms with Crippen LogP contribution >= 0.6 is 0 Å². The largest absolute Gasteiger partial charge is 0.293 e. The van der Waals surface area contributed by atoms with E-state index in [2.05, 4.69) is 15.1 Å². The third-order valence-electron chi connectivity index (χ3n) is 3.20. The van der Waals surface area contributed by atoms with Gasteiger partial charge >= 0.3 is 0 Å². The van der Waals surface area contributed by atoms with E-state index in [1.54, 1.807) is 18.6 Å². The van der Waals surface area contributed by atoms with Gasteiger partial charge in [-0.3, -0.25) is 14.9 Å². The van der Waals surface area contributed by atoms with E-state index in [0.29, 0.717) is 5.82 Å². The second-order valence-electron chi connectivity index (χ2n) is 4.33. The van der Waals surface area contributed by atoms with Gasteiger partial charge in [-0.2, -0.15) is 4.68 Å². The molecule has 0 unspecified atom stereocenters. The fourth-order valence-electron chi connectivity index (χ4n) is 2.33. The molecule has 3 rings (SSSR count). The minimum absolute atomic E-state index is 0.0300. The van der Waals surface area contributed by atoms with Gasteiger partial charge in [0.25, 0.3) is 5.56 Å². The number of hydrogen-bond donors (Lipinski definition) is 1. The highest BCUT2D eigenvalue weighted by molar-refractivity contribution is 5.25. The van der Waals surface area contributed by atoms with Crippen molar-refractivity contribution in [3.63, 3.8) is 0 Å². The number of aryl methyl sites for hydroxylation is 1. The van der Waals surface area contributed by atoms with Crippen LogP contribution in [-0.2, 0) is 12.8 Å². The molecule has 0 saturated carbocycles. The normalized spacial score (nSPS) is 15.3. The number of fused-ring (bicyclic) bond motifs is 1. The summed E-state index contributed by atoms with van der Waals surface area (Å²) in [4.78, 5) is 20.4. The molecule has 2 aromatic heterocycles. The zero-order chi connectivity index (χ0) is 11.7. The zero-order valence-electron chi connectivity index (χ0n) is 9.52. The monoisotopic (exact) mass is 230 g/mol. The molecule has 0 spiro atoms. The lowest BCUT2D eigenvalue weighted by Crippen LogP contribution is -2.18. The first-order valence-electron chi connectivity index (χ1n) is 5.95. The van der Waals surface area contributed by atoms with E-state index in [1.807, 2.05) is 0 Å². The van der Waals surface area contributed by atoms with E-state index in [4.69, 9.17) is 0 Å². The molecule has 1 N–H and O–H groups in total. The molecular formula is C12H14N4O. The molecule has 0 aliphatic heterocycles. The molecule has 0 bridgehead atoms. The molecule has 1 aliphatic rings. The average Bonchev–Trinajstić information content (AvgIpc) is 2.56. The molecule has 17 heavy (non-hydrogen) atoms. The summed E-state index contributed by atoms with van der Waals surface area (Å²) >= 11 is 0. The highest BCUT2D eigenvalue weighted by Gasteiger charge is 2.17. The summed E-state index contributed by atoms with van der Waals surface area (Å²) in [6.45, 7) is 0. The maximum atomic E-state index is 12.2. The van der Waals surface area contributed by atoms with E-state index in [0.717, 1.165) is 36.9 Å². The first kappa shape index (κ1) is 10.3. The molecule has 5 nitrogen and oxygen atoms in total. The molecule has 0 fully saturated rings. The summed E-state index contributed by atoms with van der Waals surface area (Å²) in [5, 5.41) is 3.16. The maximum Gasteiger partial charge on any atom is 0.276 e. The first-order valence-corrected chi connectivity index (χ1v) is 5.95. The molecule has 0 radical (unpaired) electrons. The third-order valence-corrected chi connectivity index (χ3v) is 3.20. The van der Waals surface area contributed by atoms with Gasteiger partial charge in [0.2, 0.25) is 0 Å². The predicted molar refractivity (Wildman–Crippen MR) is 63.2 cm³/mol. The van der Waals surface area contributed by atoms with Crippen molar-refractivity contribution in [2.75, 3.05) is 0 Å². The summed E-state index contributed by atoms with van der Waals surface area (Å²) in [7, 11) is 0. The summed E-state index contributed by atoms with van der Waals surface area (Å²) in [5.41, 5.74) is 2.02. The number of nitrogens with one attached hydrogen (secondary N) is 1. The van der Waals surface area contributed by atoms with Crippen LogP contribution in [0.25, 0.3) is 5.82 Å². The van der Waals surface area contributed by atoms with E-state index < -0.39 is 0 Å². The fourth-order valence-corrected chi connectivity index (χ4v) is 2.33. The van der Waals surface area contributed by atoms with Gasteiger partial charge in [-0.1, -0.05) is 6.42 Å². The second-order valence-corrected chi connectivity index (χ2v) is 4.33. The van der Waals surface area contributed by atoms with Gasteiger partial charge in [0.15, 0.2) is 5.82 Å². The van der Waals surface area contributed by atoms with E-state index in [9.17, 15) is 4.79 Å². The number of H-pyrrole nitrogens is 1. The van der Waals surface area contributed by atoms with Crippen LogP contribution in [0, 0.1) is 0 Å². The van der Waals surface area contributed by atoms with Crippen LogP contribution in [0.1, 0.15) is 30.5 Å². The lowest BCUT2D eigenvalue weighted by atomic mass is 10.1. The van der Waals surface area contributed by atoms with Crippen molar-refractivity contribution in [1.82, 2.24) is 19.7 Å². The lowest BCUT2D eigenvalue weighted by molar-refractivity contribution is 0.686. The van der Waals surface area contributed by atoms with Gasteiger partial charge in [0.1, 0.15) is 0 Å². The summed E-state index contributed by atoms with van der Waals surface area (Å²) in [6.07, 6.45) is 10.1. The highest BCUT2D eigenvalue weighted by atomic mass is 16.1. The number of aromatic amines is 1. The third kappa shape index (κ3) is 1.77. The number of aromatic nitrogens is 4. The van der Waals surface area contributed by atoms with Crippen molar-refractivity contribution in [3.05, 3.63) is 40.2 Å². The molecule has 5 heteroatoms. The van der Waals surface area contributed by atoms with Crippen LogP contribution in [-0.4, -0.2) is 19.7 Å². The van der Waals surface area contributed by atoms with Gasteiger partial charge in [-0.05, 0) is 25.7 Å². The molecular weight excluding hydrogens is 216 g/mol. The quantitative estimate of drug-likeness (QED) is 0.749. The molecule has 0 amide bonds. The maximum absolute atomic E-state index is 12.2. The molecule has 88 valence electrons. The topological polar surface area (TPSA) is 63.6 Å². The van der Waals surface area contributed by atoms with Gasteiger partial charge < -0.3 is 0 Å². The molecule has 2 heterocycles. The van der Waals surface area contributed by atoms with E-state index in [-0.39, 0.29) is 5.56 Å². The Balaban J connectivity index is 2.11. The van der Waals surface area contributed by atoms with Gasteiger partial charge in [-0.15, -0.1) is 0 Å². The Labute approximate surface area is 98.5 Å². The zero-order valence-corrected chi connectivity index (χ0v) is 9.52. The Kier molecular flexibility index (Phi) is 2.51. The Morgan fingerprint density at radius 2 is 2.06 bits per heavy atom. The molecule has 0 saturated heterocycles. The Hall–Kier alpha value is -1.91. The Morgan fingerprint density at radius 1 is 1.18 bits per heavy atom. The second kappa shape index (κ2) is 4.16. The lowest BCUT2D eigenvalue weighted by Gasteiger charge is -1.99. The number of hydrogen-bond acceptors (Lipinski definition) is 3. The van der Waals surface area contributed by atoms with Crippen molar-refractivity contribution in [2.24, 2.45) is 0 Å². The summed E-state index contributed by atoms with van der Waals surface area (Å²) in [5.74, 6) is 0.561. The highest BCUT2D eigenvalue weighted by Crippen LogP contribution is 2.16. The van der Waals surface area contributed by atoms with Gasteiger partial charge in [0.05, 0.1) is 6.20 Å². The Bertz CT molecular complexity index is 570. The van der Waals surface area contributed by atoms with Crippen LogP contribution in [0.3, 0.4) is 0 Å². The first-order chi connectivity index (χ1) is 8.36. The minimum atomic E-state index is 0.0300. The summed E-state index contributed by atoms with van der Waals surface area (Å²) < 4.78 is 1.50. The molecule has 2 aromatic rings. The number of nitrogens with zero attached hydrogens (tertiary/aromatic N) is 3. The van der Waals surface area contributed by atoms with Crippen molar-refractivity contribution in [1.29, 1.82) is 0 Å².